The lowest BCUT2D eigenvalue weighted by Crippen LogP contribution is -2.55. The molecule has 1 aromatic carbocycles. The Morgan fingerprint density at radius 3 is 2.32 bits per heavy atom. The van der Waals surface area contributed by atoms with Gasteiger partial charge in [-0.1, -0.05) is 51.1 Å². The predicted molar refractivity (Wildman–Crippen MR) is 109 cm³/mol. The lowest BCUT2D eigenvalue weighted by atomic mass is 9.85. The summed E-state index contributed by atoms with van der Waals surface area (Å²) >= 11 is 0. The molecule has 0 saturated carbocycles. The number of hydrogen-bond acceptors (Lipinski definition) is 3. The molecule has 2 aliphatic heterocycles. The van der Waals surface area contributed by atoms with E-state index in [9.17, 15) is 9.59 Å². The number of nitrogens with zero attached hydrogens (tertiary/aromatic N) is 2. The lowest BCUT2D eigenvalue weighted by Gasteiger charge is -2.37. The molecular formula is C22H33N3O3. The van der Waals surface area contributed by atoms with Gasteiger partial charge in [0.05, 0.1) is 6.04 Å². The fourth-order valence-electron chi connectivity index (χ4n) is 3.90. The number of nitrogens with one attached hydrogen (secondary N) is 1. The SMILES string of the molecule is CC(C)(C)CC(NC(=O)N1CCN(C(=O)C2CCCO2)CC1)c1ccccc1. The molecule has 6 heteroatoms. The molecule has 0 radical (unpaired) electrons. The Labute approximate surface area is 168 Å². The minimum atomic E-state index is -0.283. The molecular weight excluding hydrogens is 354 g/mol. The molecule has 28 heavy (non-hydrogen) atoms. The Kier molecular flexibility index (Phi) is 6.60. The van der Waals surface area contributed by atoms with Crippen LogP contribution in [0.3, 0.4) is 0 Å². The van der Waals surface area contributed by atoms with Gasteiger partial charge in [-0.2, -0.15) is 0 Å². The summed E-state index contributed by atoms with van der Waals surface area (Å²) in [6.45, 7) is 9.48. The predicted octanol–water partition coefficient (Wildman–Crippen LogP) is 3.20. The van der Waals surface area contributed by atoms with Crippen LogP contribution in [0, 0.1) is 5.41 Å². The van der Waals surface area contributed by atoms with Gasteiger partial charge < -0.3 is 19.9 Å². The minimum Gasteiger partial charge on any atom is -0.368 e. The first kappa shape index (κ1) is 20.6. The number of ether oxygens (including phenoxy) is 1. The number of urea groups is 1. The fraction of sp³-hybridized carbons (Fsp3) is 0.636. The molecule has 0 bridgehead atoms. The monoisotopic (exact) mass is 387 g/mol. The number of carbonyl (C=O) groups excluding carboxylic acids is 2. The first-order valence-corrected chi connectivity index (χ1v) is 10.3. The summed E-state index contributed by atoms with van der Waals surface area (Å²) in [6, 6.07) is 10.1. The second-order valence-electron chi connectivity index (χ2n) is 8.99. The van der Waals surface area contributed by atoms with Gasteiger partial charge in [0.15, 0.2) is 0 Å². The van der Waals surface area contributed by atoms with E-state index in [2.05, 4.69) is 38.2 Å². The van der Waals surface area contributed by atoms with E-state index in [1.807, 2.05) is 28.0 Å². The van der Waals surface area contributed by atoms with E-state index in [1.165, 1.54) is 0 Å². The number of benzene rings is 1. The molecule has 6 nitrogen and oxygen atoms in total. The smallest absolute Gasteiger partial charge is 0.318 e. The first-order chi connectivity index (χ1) is 13.3. The van der Waals surface area contributed by atoms with Gasteiger partial charge in [-0.25, -0.2) is 4.79 Å². The normalized spacial score (nSPS) is 21.5. The zero-order chi connectivity index (χ0) is 20.1. The van der Waals surface area contributed by atoms with Gasteiger partial charge in [0.25, 0.3) is 5.91 Å². The molecule has 2 atom stereocenters. The molecule has 0 spiro atoms. The number of hydrogen-bond donors (Lipinski definition) is 1. The molecule has 3 rings (SSSR count). The largest absolute Gasteiger partial charge is 0.368 e. The Hall–Kier alpha value is -2.08. The van der Waals surface area contributed by atoms with Gasteiger partial charge in [0, 0.05) is 32.8 Å². The molecule has 2 heterocycles. The third-order valence-corrected chi connectivity index (χ3v) is 5.40. The second-order valence-corrected chi connectivity index (χ2v) is 8.99. The maximum Gasteiger partial charge on any atom is 0.318 e. The van der Waals surface area contributed by atoms with Crippen LogP contribution in [0.25, 0.3) is 0 Å². The number of piperazine rings is 1. The van der Waals surface area contributed by atoms with Crippen LogP contribution >= 0.6 is 0 Å². The van der Waals surface area contributed by atoms with E-state index in [4.69, 9.17) is 4.74 Å². The second kappa shape index (κ2) is 8.95. The van der Waals surface area contributed by atoms with Crippen LogP contribution in [0.15, 0.2) is 30.3 Å². The van der Waals surface area contributed by atoms with E-state index >= 15 is 0 Å². The van der Waals surface area contributed by atoms with Crippen molar-refractivity contribution in [3.8, 4) is 0 Å². The van der Waals surface area contributed by atoms with Crippen LogP contribution in [0.5, 0.6) is 0 Å². The average Bonchev–Trinajstić information content (AvgIpc) is 3.21. The maximum absolute atomic E-state index is 12.9. The highest BCUT2D eigenvalue weighted by Crippen LogP contribution is 2.29. The minimum absolute atomic E-state index is 0.0275. The Balaban J connectivity index is 1.56. The summed E-state index contributed by atoms with van der Waals surface area (Å²) in [7, 11) is 0. The van der Waals surface area contributed by atoms with Crippen molar-refractivity contribution >= 4 is 11.9 Å². The van der Waals surface area contributed by atoms with E-state index in [0.29, 0.717) is 32.8 Å². The van der Waals surface area contributed by atoms with Crippen molar-refractivity contribution < 1.29 is 14.3 Å². The molecule has 154 valence electrons. The highest BCUT2D eigenvalue weighted by Gasteiger charge is 2.32. The van der Waals surface area contributed by atoms with Crippen LogP contribution in [-0.4, -0.2) is 60.6 Å². The molecule has 2 aliphatic rings. The fourth-order valence-corrected chi connectivity index (χ4v) is 3.90. The number of carbonyl (C=O) groups is 2. The van der Waals surface area contributed by atoms with Crippen molar-refractivity contribution in [2.75, 3.05) is 32.8 Å². The van der Waals surface area contributed by atoms with Crippen LogP contribution in [0.2, 0.25) is 0 Å². The van der Waals surface area contributed by atoms with Gasteiger partial charge in [-0.15, -0.1) is 0 Å². The summed E-state index contributed by atoms with van der Waals surface area (Å²) in [5.41, 5.74) is 1.22. The van der Waals surface area contributed by atoms with Crippen molar-refractivity contribution in [3.63, 3.8) is 0 Å². The van der Waals surface area contributed by atoms with E-state index in [0.717, 1.165) is 24.8 Å². The zero-order valence-electron chi connectivity index (χ0n) is 17.3. The topological polar surface area (TPSA) is 61.9 Å². The summed E-state index contributed by atoms with van der Waals surface area (Å²) in [6.07, 6.45) is 2.34. The third-order valence-electron chi connectivity index (χ3n) is 5.40. The Morgan fingerprint density at radius 2 is 1.75 bits per heavy atom. The third kappa shape index (κ3) is 5.47. The molecule has 2 saturated heterocycles. The van der Waals surface area contributed by atoms with Gasteiger partial charge in [0.2, 0.25) is 0 Å². The van der Waals surface area contributed by atoms with Gasteiger partial charge in [-0.3, -0.25) is 4.79 Å². The van der Waals surface area contributed by atoms with E-state index in [-0.39, 0.29) is 29.5 Å². The summed E-state index contributed by atoms with van der Waals surface area (Å²) in [4.78, 5) is 29.0. The van der Waals surface area contributed by atoms with Crippen LogP contribution in [0.1, 0.15) is 51.6 Å². The zero-order valence-corrected chi connectivity index (χ0v) is 17.3. The average molecular weight is 388 g/mol. The van der Waals surface area contributed by atoms with E-state index in [1.54, 1.807) is 0 Å². The number of rotatable bonds is 4. The maximum atomic E-state index is 12.9. The molecule has 1 N–H and O–H groups in total. The molecule has 0 aromatic heterocycles. The van der Waals surface area contributed by atoms with Crippen molar-refractivity contribution in [1.29, 1.82) is 0 Å². The van der Waals surface area contributed by atoms with Crippen molar-refractivity contribution in [3.05, 3.63) is 35.9 Å². The quantitative estimate of drug-likeness (QED) is 0.863. The molecule has 1 aromatic rings. The van der Waals surface area contributed by atoms with Crippen LogP contribution in [-0.2, 0) is 9.53 Å². The molecule has 0 aliphatic carbocycles. The van der Waals surface area contributed by atoms with Crippen molar-refractivity contribution in [1.82, 2.24) is 15.1 Å². The van der Waals surface area contributed by atoms with E-state index < -0.39 is 0 Å². The summed E-state index contributed by atoms with van der Waals surface area (Å²) < 4.78 is 5.51. The van der Waals surface area contributed by atoms with Crippen LogP contribution in [0.4, 0.5) is 4.79 Å². The van der Waals surface area contributed by atoms with Crippen LogP contribution < -0.4 is 5.32 Å². The first-order valence-electron chi connectivity index (χ1n) is 10.3. The number of amides is 3. The Bertz CT molecular complexity index is 657. The van der Waals surface area contributed by atoms with Crippen molar-refractivity contribution in [2.24, 2.45) is 5.41 Å². The standard InChI is InChI=1S/C22H33N3O3/c1-22(2,3)16-18(17-8-5-4-6-9-17)23-21(27)25-13-11-24(12-14-25)20(26)19-10-7-15-28-19/h4-6,8-9,18-19H,7,10-16H2,1-3H3,(H,23,27). The molecule has 3 amide bonds. The summed E-state index contributed by atoms with van der Waals surface area (Å²) in [5, 5.41) is 3.22. The highest BCUT2D eigenvalue weighted by molar-refractivity contribution is 5.81. The van der Waals surface area contributed by atoms with Gasteiger partial charge in [-0.05, 0) is 30.2 Å². The Morgan fingerprint density at radius 1 is 1.11 bits per heavy atom. The van der Waals surface area contributed by atoms with Crippen molar-refractivity contribution in [2.45, 2.75) is 52.2 Å². The molecule has 2 fully saturated rings. The highest BCUT2D eigenvalue weighted by atomic mass is 16.5. The lowest BCUT2D eigenvalue weighted by molar-refractivity contribution is -0.142. The van der Waals surface area contributed by atoms with Gasteiger partial charge in [0.1, 0.15) is 6.10 Å². The molecule has 2 unspecified atom stereocenters. The van der Waals surface area contributed by atoms with Gasteiger partial charge >= 0.3 is 6.03 Å². The summed E-state index contributed by atoms with van der Waals surface area (Å²) in [5.74, 6) is 0.0763.